The molecule has 1 aliphatic rings. The first-order valence-corrected chi connectivity index (χ1v) is 5.65. The smallest absolute Gasteiger partial charge is 0.0249 e. The third-order valence-electron chi connectivity index (χ3n) is 2.85. The largest absolute Gasteiger partial charge is 0.326 e. The third kappa shape index (κ3) is 2.00. The van der Waals surface area contributed by atoms with Gasteiger partial charge in [-0.05, 0) is 24.7 Å². The van der Waals surface area contributed by atoms with Crippen LogP contribution in [0.5, 0.6) is 0 Å². The predicted octanol–water partition coefficient (Wildman–Crippen LogP) is 1.81. The van der Waals surface area contributed by atoms with E-state index in [1.807, 2.05) is 0 Å². The monoisotopic (exact) mass is 254 g/mol. The predicted molar refractivity (Wildman–Crippen MR) is 62.4 cm³/mol. The molecule has 1 fully saturated rings. The van der Waals surface area contributed by atoms with E-state index in [2.05, 4.69) is 52.1 Å². The second kappa shape index (κ2) is 4.01. The summed E-state index contributed by atoms with van der Waals surface area (Å²) in [5.74, 6) is 0.494. The minimum atomic E-state index is 0.279. The number of rotatable bonds is 1. The molecule has 1 heterocycles. The van der Waals surface area contributed by atoms with Gasteiger partial charge in [-0.2, -0.15) is 0 Å². The maximum absolute atomic E-state index is 6.09. The van der Waals surface area contributed by atoms with Gasteiger partial charge in [0, 0.05) is 29.5 Å². The average molecular weight is 255 g/mol. The standard InChI is InChI=1S/C11H15BrN2/c1-14-6-10(11(13)7-14)8-2-4-9(12)5-3-8/h2-5,10-11H,6-7,13H2,1H3/t10-,11+/m0/s1. The molecule has 0 spiro atoms. The topological polar surface area (TPSA) is 29.3 Å². The van der Waals surface area contributed by atoms with Crippen LogP contribution in [-0.4, -0.2) is 31.1 Å². The van der Waals surface area contributed by atoms with Crippen LogP contribution in [0.25, 0.3) is 0 Å². The summed E-state index contributed by atoms with van der Waals surface area (Å²) in [6, 6.07) is 8.77. The van der Waals surface area contributed by atoms with Gasteiger partial charge in [0.25, 0.3) is 0 Å². The minimum Gasteiger partial charge on any atom is -0.326 e. The molecule has 3 heteroatoms. The van der Waals surface area contributed by atoms with Gasteiger partial charge in [0.15, 0.2) is 0 Å². The summed E-state index contributed by atoms with van der Waals surface area (Å²) in [5, 5.41) is 0. The molecule has 0 unspecified atom stereocenters. The van der Waals surface area contributed by atoms with Gasteiger partial charge >= 0.3 is 0 Å². The van der Waals surface area contributed by atoms with E-state index in [1.54, 1.807) is 0 Å². The van der Waals surface area contributed by atoms with Crippen molar-refractivity contribution in [3.05, 3.63) is 34.3 Å². The van der Waals surface area contributed by atoms with Crippen LogP contribution in [0.4, 0.5) is 0 Å². The fourth-order valence-electron chi connectivity index (χ4n) is 2.10. The van der Waals surface area contributed by atoms with Crippen LogP contribution in [-0.2, 0) is 0 Å². The number of benzene rings is 1. The van der Waals surface area contributed by atoms with E-state index in [9.17, 15) is 0 Å². The minimum absolute atomic E-state index is 0.279. The Bertz CT molecular complexity index is 310. The van der Waals surface area contributed by atoms with Crippen molar-refractivity contribution in [2.24, 2.45) is 5.73 Å². The van der Waals surface area contributed by atoms with E-state index in [4.69, 9.17) is 5.73 Å². The molecule has 0 aromatic heterocycles. The normalized spacial score (nSPS) is 28.2. The molecule has 0 radical (unpaired) electrons. The first kappa shape index (κ1) is 10.1. The Labute approximate surface area is 93.2 Å². The van der Waals surface area contributed by atoms with E-state index in [1.165, 1.54) is 5.56 Å². The first-order valence-electron chi connectivity index (χ1n) is 4.86. The second-order valence-corrected chi connectivity index (χ2v) is 4.96. The van der Waals surface area contributed by atoms with Gasteiger partial charge in [0.05, 0.1) is 0 Å². The van der Waals surface area contributed by atoms with Gasteiger partial charge in [-0.15, -0.1) is 0 Å². The van der Waals surface area contributed by atoms with Crippen LogP contribution in [0.15, 0.2) is 28.7 Å². The van der Waals surface area contributed by atoms with Crippen molar-refractivity contribution < 1.29 is 0 Å². The molecule has 0 bridgehead atoms. The van der Waals surface area contributed by atoms with Gasteiger partial charge in [-0.1, -0.05) is 28.1 Å². The Morgan fingerprint density at radius 3 is 2.43 bits per heavy atom. The van der Waals surface area contributed by atoms with Crippen molar-refractivity contribution >= 4 is 15.9 Å². The van der Waals surface area contributed by atoms with E-state index in [0.717, 1.165) is 17.6 Å². The summed E-state index contributed by atoms with van der Waals surface area (Å²) < 4.78 is 1.13. The SMILES string of the molecule is CN1C[C@@H](N)[C@H](c2ccc(Br)cc2)C1. The lowest BCUT2D eigenvalue weighted by Crippen LogP contribution is -2.27. The summed E-state index contributed by atoms with van der Waals surface area (Å²) in [6.07, 6.45) is 0. The Morgan fingerprint density at radius 1 is 1.29 bits per heavy atom. The molecule has 2 rings (SSSR count). The quantitative estimate of drug-likeness (QED) is 0.829. The zero-order chi connectivity index (χ0) is 10.1. The lowest BCUT2D eigenvalue weighted by atomic mass is 9.95. The number of hydrogen-bond acceptors (Lipinski definition) is 2. The van der Waals surface area contributed by atoms with Crippen molar-refractivity contribution in [3.63, 3.8) is 0 Å². The average Bonchev–Trinajstić information content (AvgIpc) is 2.47. The maximum atomic E-state index is 6.09. The molecule has 2 N–H and O–H groups in total. The zero-order valence-corrected chi connectivity index (χ0v) is 9.87. The lowest BCUT2D eigenvalue weighted by molar-refractivity contribution is 0.407. The van der Waals surface area contributed by atoms with E-state index >= 15 is 0 Å². The molecule has 1 aliphatic heterocycles. The van der Waals surface area contributed by atoms with E-state index in [-0.39, 0.29) is 6.04 Å². The fourth-order valence-corrected chi connectivity index (χ4v) is 2.36. The second-order valence-electron chi connectivity index (χ2n) is 4.04. The molecule has 0 amide bonds. The van der Waals surface area contributed by atoms with Crippen LogP contribution in [0, 0.1) is 0 Å². The van der Waals surface area contributed by atoms with Gasteiger partial charge < -0.3 is 10.6 Å². The Kier molecular flexibility index (Phi) is 2.91. The lowest BCUT2D eigenvalue weighted by Gasteiger charge is -2.14. The van der Waals surface area contributed by atoms with Crippen LogP contribution >= 0.6 is 15.9 Å². The van der Waals surface area contributed by atoms with E-state index < -0.39 is 0 Å². The maximum Gasteiger partial charge on any atom is 0.0249 e. The number of hydrogen-bond donors (Lipinski definition) is 1. The fraction of sp³-hybridized carbons (Fsp3) is 0.455. The van der Waals surface area contributed by atoms with Crippen molar-refractivity contribution in [1.29, 1.82) is 0 Å². The van der Waals surface area contributed by atoms with Crippen LogP contribution in [0.2, 0.25) is 0 Å². The van der Waals surface area contributed by atoms with Crippen LogP contribution < -0.4 is 5.73 Å². The summed E-state index contributed by atoms with van der Waals surface area (Å²) >= 11 is 3.44. The number of halogens is 1. The molecular weight excluding hydrogens is 240 g/mol. The molecule has 2 atom stereocenters. The Morgan fingerprint density at radius 2 is 1.93 bits per heavy atom. The summed E-state index contributed by atoms with van der Waals surface area (Å²) in [4.78, 5) is 2.29. The number of likely N-dealkylation sites (tertiary alicyclic amines) is 1. The highest BCUT2D eigenvalue weighted by molar-refractivity contribution is 9.10. The third-order valence-corrected chi connectivity index (χ3v) is 3.37. The molecule has 1 aromatic carbocycles. The Balaban J connectivity index is 2.19. The number of nitrogens with two attached hydrogens (primary N) is 1. The molecule has 0 saturated carbocycles. The molecule has 14 heavy (non-hydrogen) atoms. The number of nitrogens with zero attached hydrogens (tertiary/aromatic N) is 1. The zero-order valence-electron chi connectivity index (χ0n) is 8.28. The molecular formula is C11H15BrN2. The van der Waals surface area contributed by atoms with Crippen molar-refractivity contribution in [3.8, 4) is 0 Å². The highest BCUT2D eigenvalue weighted by Crippen LogP contribution is 2.26. The molecule has 1 aromatic rings. The van der Waals surface area contributed by atoms with Gasteiger partial charge in [0.2, 0.25) is 0 Å². The molecule has 0 aliphatic carbocycles. The van der Waals surface area contributed by atoms with Crippen LogP contribution in [0.3, 0.4) is 0 Å². The van der Waals surface area contributed by atoms with Crippen LogP contribution in [0.1, 0.15) is 11.5 Å². The summed E-state index contributed by atoms with van der Waals surface area (Å²) in [6.45, 7) is 2.07. The number of likely N-dealkylation sites (N-methyl/N-ethyl adjacent to an activating group) is 1. The van der Waals surface area contributed by atoms with E-state index in [0.29, 0.717) is 5.92 Å². The summed E-state index contributed by atoms with van der Waals surface area (Å²) in [5.41, 5.74) is 7.44. The van der Waals surface area contributed by atoms with Crippen molar-refractivity contribution in [1.82, 2.24) is 4.90 Å². The molecule has 1 saturated heterocycles. The van der Waals surface area contributed by atoms with Gasteiger partial charge in [-0.3, -0.25) is 0 Å². The van der Waals surface area contributed by atoms with Crippen molar-refractivity contribution in [2.45, 2.75) is 12.0 Å². The molecule has 2 nitrogen and oxygen atoms in total. The first-order chi connectivity index (χ1) is 6.66. The highest BCUT2D eigenvalue weighted by atomic mass is 79.9. The van der Waals surface area contributed by atoms with Gasteiger partial charge in [0.1, 0.15) is 0 Å². The summed E-state index contributed by atoms with van der Waals surface area (Å²) in [7, 11) is 2.12. The van der Waals surface area contributed by atoms with Gasteiger partial charge in [-0.25, -0.2) is 0 Å². The van der Waals surface area contributed by atoms with Crippen molar-refractivity contribution in [2.75, 3.05) is 20.1 Å². The highest BCUT2D eigenvalue weighted by Gasteiger charge is 2.28. The Hall–Kier alpha value is -0.380. The molecule has 76 valence electrons.